The highest BCUT2D eigenvalue weighted by molar-refractivity contribution is 7.45. The van der Waals surface area contributed by atoms with Gasteiger partial charge in [-0.15, -0.1) is 0 Å². The molecule has 0 spiro atoms. The molecule has 0 aliphatic carbocycles. The Morgan fingerprint density at radius 3 is 1.20 bits per heavy atom. The van der Waals surface area contributed by atoms with Crippen molar-refractivity contribution in [2.75, 3.05) is 40.9 Å². The Morgan fingerprint density at radius 2 is 0.790 bits per heavy atom. The van der Waals surface area contributed by atoms with Gasteiger partial charge in [-0.1, -0.05) is 299 Å². The highest BCUT2D eigenvalue weighted by Gasteiger charge is 2.27. The molecule has 0 aromatic rings. The predicted molar refractivity (Wildman–Crippen MR) is 348 cm³/mol. The summed E-state index contributed by atoms with van der Waals surface area (Å²) in [5, 5.41) is 3.03. The number of phosphoric acid groups is 1. The number of unbranched alkanes of at least 4 members (excludes halogenated alkanes) is 36. The lowest BCUT2D eigenvalue weighted by Crippen LogP contribution is -2.47. The van der Waals surface area contributed by atoms with Gasteiger partial charge in [0.25, 0.3) is 7.82 Å². The van der Waals surface area contributed by atoms with E-state index in [1.165, 1.54) is 186 Å². The van der Waals surface area contributed by atoms with E-state index in [-0.39, 0.29) is 24.9 Å². The van der Waals surface area contributed by atoms with Crippen LogP contribution in [0.2, 0.25) is 0 Å². The fourth-order valence-corrected chi connectivity index (χ4v) is 10.6. The summed E-state index contributed by atoms with van der Waals surface area (Å²) in [6.45, 7) is 6.73. The zero-order valence-corrected chi connectivity index (χ0v) is 54.9. The van der Waals surface area contributed by atoms with E-state index in [2.05, 4.69) is 86.8 Å². The van der Waals surface area contributed by atoms with Crippen LogP contribution in [0.3, 0.4) is 0 Å². The highest BCUT2D eigenvalue weighted by Crippen LogP contribution is 2.38. The molecule has 3 unspecified atom stereocenters. The van der Waals surface area contributed by atoms with Crippen LogP contribution in [-0.2, 0) is 27.9 Å². The largest absolute Gasteiger partial charge is 0.756 e. The van der Waals surface area contributed by atoms with Crippen molar-refractivity contribution >= 4 is 19.7 Å². The molecule has 0 aliphatic heterocycles. The number of carbonyl (C=O) groups excluding carboxylic acids is 2. The molecule has 0 bridgehead atoms. The SMILES string of the molecule is CC/C=C\C/C=C\C/C=C\C/C=C\C/C=C\CCCCCC(=O)OC(/C=C/CCCCCCCCCCC)C(COP(=O)([O-])OCC[N+](C)(C)C)NC(=O)CCCCCCCCCCCCCCCCCCCCCCCCCCC. The molecule has 0 fully saturated rings. The number of nitrogens with zero attached hydrogens (tertiary/aromatic N) is 1. The lowest BCUT2D eigenvalue weighted by Gasteiger charge is -2.30. The van der Waals surface area contributed by atoms with Gasteiger partial charge in [-0.3, -0.25) is 14.2 Å². The summed E-state index contributed by atoms with van der Waals surface area (Å²) >= 11 is 0. The van der Waals surface area contributed by atoms with E-state index < -0.39 is 26.6 Å². The molecule has 0 heterocycles. The molecule has 0 rings (SSSR count). The number of esters is 1. The van der Waals surface area contributed by atoms with Gasteiger partial charge >= 0.3 is 5.97 Å². The first-order chi connectivity index (χ1) is 39.4. The summed E-state index contributed by atoms with van der Waals surface area (Å²) in [7, 11) is 1.17. The van der Waals surface area contributed by atoms with Gasteiger partial charge < -0.3 is 28.5 Å². The number of ether oxygens (including phenoxy) is 1. The number of nitrogens with one attached hydrogen (secondary N) is 1. The van der Waals surface area contributed by atoms with E-state index in [1.807, 2.05) is 33.3 Å². The molecule has 1 N–H and O–H groups in total. The number of hydrogen-bond donors (Lipinski definition) is 1. The van der Waals surface area contributed by atoms with Crippen LogP contribution in [0.1, 0.15) is 316 Å². The average molecular weight is 1160 g/mol. The zero-order chi connectivity index (χ0) is 59.3. The van der Waals surface area contributed by atoms with Gasteiger partial charge in [0.05, 0.1) is 33.8 Å². The normalized spacial score (nSPS) is 14.0. The lowest BCUT2D eigenvalue weighted by molar-refractivity contribution is -0.870. The molecule has 0 saturated carbocycles. The Labute approximate surface area is 502 Å². The van der Waals surface area contributed by atoms with Crippen LogP contribution in [-0.4, -0.2) is 69.4 Å². The molecule has 1 amide bonds. The first kappa shape index (κ1) is 78.5. The molecular weight excluding hydrogens is 1020 g/mol. The average Bonchev–Trinajstić information content (AvgIpc) is 3.44. The molecule has 81 heavy (non-hydrogen) atoms. The van der Waals surface area contributed by atoms with Crippen molar-refractivity contribution in [3.05, 3.63) is 72.9 Å². The minimum Gasteiger partial charge on any atom is -0.756 e. The standard InChI is InChI=1S/C71H131N2O7P/c1-7-10-13-16-19-22-25-27-29-31-33-34-35-36-37-38-40-41-43-45-48-51-54-57-60-63-70(74)72-68(67-79-81(76,77)78-66-65-73(4,5)6)69(62-59-56-53-50-47-24-21-18-15-12-9-3)80-71(75)64-61-58-55-52-49-46-44-42-39-32-30-28-26-23-20-17-14-11-8-2/h11,14,20,23,28,30,39,42,46,49,59,62,68-69H,7-10,12-13,15-19,21-22,24-27,29,31-38,40-41,43-45,47-48,50-58,60-61,63-67H2,1-6H3,(H-,72,74,76,77)/b14-11-,23-20-,30-28-,42-39-,49-46-,62-59+. The number of phosphoric ester groups is 1. The smallest absolute Gasteiger partial charge is 0.306 e. The van der Waals surface area contributed by atoms with E-state index >= 15 is 0 Å². The number of amides is 1. The zero-order valence-electron chi connectivity index (χ0n) is 54.0. The van der Waals surface area contributed by atoms with Gasteiger partial charge in [0, 0.05) is 12.8 Å². The summed E-state index contributed by atoms with van der Waals surface area (Å²) in [6, 6.07) is -0.903. The van der Waals surface area contributed by atoms with Crippen molar-refractivity contribution in [2.45, 2.75) is 328 Å². The predicted octanol–water partition coefficient (Wildman–Crippen LogP) is 20.9. The quantitative estimate of drug-likeness (QED) is 0.0212. The van der Waals surface area contributed by atoms with Crippen LogP contribution in [0, 0.1) is 0 Å². The summed E-state index contributed by atoms with van der Waals surface area (Å²) in [4.78, 5) is 40.1. The van der Waals surface area contributed by atoms with Gasteiger partial charge in [0.2, 0.25) is 5.91 Å². The first-order valence-electron chi connectivity index (χ1n) is 34.2. The Hall–Kier alpha value is -2.55. The van der Waals surface area contributed by atoms with Crippen molar-refractivity contribution in [3.63, 3.8) is 0 Å². The van der Waals surface area contributed by atoms with E-state index in [0.29, 0.717) is 23.9 Å². The third kappa shape index (κ3) is 61.8. The van der Waals surface area contributed by atoms with Gasteiger partial charge in [0.1, 0.15) is 19.3 Å². The molecule has 0 aromatic carbocycles. The Morgan fingerprint density at radius 1 is 0.444 bits per heavy atom. The monoisotopic (exact) mass is 1150 g/mol. The maximum atomic E-state index is 13.6. The van der Waals surface area contributed by atoms with Crippen molar-refractivity contribution in [3.8, 4) is 0 Å². The molecule has 472 valence electrons. The topological polar surface area (TPSA) is 114 Å². The minimum atomic E-state index is -4.71. The third-order valence-corrected chi connectivity index (χ3v) is 16.1. The van der Waals surface area contributed by atoms with Crippen molar-refractivity contribution < 1.29 is 37.3 Å². The van der Waals surface area contributed by atoms with E-state index in [1.54, 1.807) is 0 Å². The van der Waals surface area contributed by atoms with Gasteiger partial charge in [-0.05, 0) is 76.7 Å². The summed E-state index contributed by atoms with van der Waals surface area (Å²) < 4.78 is 30.4. The van der Waals surface area contributed by atoms with Crippen LogP contribution in [0.25, 0.3) is 0 Å². The molecule has 0 aromatic heterocycles. The van der Waals surface area contributed by atoms with E-state index in [4.69, 9.17) is 13.8 Å². The van der Waals surface area contributed by atoms with Crippen molar-refractivity contribution in [1.82, 2.24) is 5.32 Å². The molecular formula is C71H131N2O7P. The minimum absolute atomic E-state index is 0.0287. The van der Waals surface area contributed by atoms with E-state index in [0.717, 1.165) is 89.9 Å². The van der Waals surface area contributed by atoms with Gasteiger partial charge in [-0.2, -0.15) is 0 Å². The fraction of sp³-hybridized carbons (Fsp3) is 0.803. The second-order valence-corrected chi connectivity index (χ2v) is 25.7. The summed E-state index contributed by atoms with van der Waals surface area (Å²) in [6.07, 6.45) is 78.9. The van der Waals surface area contributed by atoms with Crippen molar-refractivity contribution in [1.29, 1.82) is 0 Å². The Kier molecular flexibility index (Phi) is 58.7. The van der Waals surface area contributed by atoms with Crippen LogP contribution >= 0.6 is 7.82 Å². The van der Waals surface area contributed by atoms with E-state index in [9.17, 15) is 19.0 Å². The van der Waals surface area contributed by atoms with Crippen LogP contribution in [0.4, 0.5) is 0 Å². The molecule has 0 saturated heterocycles. The number of carbonyl (C=O) groups is 2. The molecule has 0 radical (unpaired) electrons. The van der Waals surface area contributed by atoms with Crippen molar-refractivity contribution in [2.24, 2.45) is 0 Å². The Balaban J connectivity index is 5.08. The maximum Gasteiger partial charge on any atom is 0.306 e. The number of likely N-dealkylation sites (N-methyl/N-ethyl adjacent to an activating group) is 1. The van der Waals surface area contributed by atoms with Crippen LogP contribution < -0.4 is 10.2 Å². The molecule has 10 heteroatoms. The molecule has 3 atom stereocenters. The fourth-order valence-electron chi connectivity index (χ4n) is 9.90. The number of hydrogen-bond acceptors (Lipinski definition) is 7. The first-order valence-corrected chi connectivity index (χ1v) is 35.7. The van der Waals surface area contributed by atoms with Crippen LogP contribution in [0.5, 0.6) is 0 Å². The maximum absolute atomic E-state index is 13.6. The third-order valence-electron chi connectivity index (χ3n) is 15.2. The Bertz CT molecular complexity index is 1620. The highest BCUT2D eigenvalue weighted by atomic mass is 31.2. The van der Waals surface area contributed by atoms with Gasteiger partial charge in [0.15, 0.2) is 0 Å². The number of rotatable bonds is 62. The summed E-state index contributed by atoms with van der Waals surface area (Å²) in [5.41, 5.74) is 0. The summed E-state index contributed by atoms with van der Waals surface area (Å²) in [5.74, 6) is -0.570. The molecule has 0 aliphatic rings. The lowest BCUT2D eigenvalue weighted by atomic mass is 10.0. The number of quaternary nitrogens is 1. The molecule has 9 nitrogen and oxygen atoms in total. The second-order valence-electron chi connectivity index (χ2n) is 24.3. The number of allylic oxidation sites excluding steroid dienone is 11. The van der Waals surface area contributed by atoms with Crippen LogP contribution in [0.15, 0.2) is 72.9 Å². The van der Waals surface area contributed by atoms with Gasteiger partial charge in [-0.25, -0.2) is 0 Å². The second kappa shape index (κ2) is 60.6.